The average molecular weight is 362 g/mol. The van der Waals surface area contributed by atoms with Gasteiger partial charge in [-0.25, -0.2) is 4.98 Å². The van der Waals surface area contributed by atoms with Gasteiger partial charge in [0.1, 0.15) is 0 Å². The van der Waals surface area contributed by atoms with Crippen molar-refractivity contribution in [2.24, 2.45) is 0 Å². The number of fused-ring (bicyclic) bond motifs is 1. The highest BCUT2D eigenvalue weighted by molar-refractivity contribution is 8.00. The number of hydrogen-bond acceptors (Lipinski definition) is 7. The van der Waals surface area contributed by atoms with Gasteiger partial charge in [0.15, 0.2) is 15.8 Å². The number of hydrogen-bond donors (Lipinski definition) is 0. The highest BCUT2D eigenvalue weighted by Crippen LogP contribution is 2.38. The summed E-state index contributed by atoms with van der Waals surface area (Å²) < 4.78 is 12.4. The van der Waals surface area contributed by atoms with Crippen molar-refractivity contribution < 1.29 is 14.4 Å². The molecular weight excluding hydrogens is 348 g/mol. The van der Waals surface area contributed by atoms with Gasteiger partial charge in [-0.05, 0) is 18.2 Å². The molecule has 2 aromatic carbocycles. The molecule has 6 nitrogen and oxygen atoms in total. The number of nitro benzene ring substituents is 1. The van der Waals surface area contributed by atoms with E-state index in [2.05, 4.69) is 4.98 Å². The minimum atomic E-state index is -0.407. The van der Waals surface area contributed by atoms with Gasteiger partial charge < -0.3 is 9.47 Å². The van der Waals surface area contributed by atoms with Gasteiger partial charge in [-0.2, -0.15) is 0 Å². The third-order valence-electron chi connectivity index (χ3n) is 3.41. The lowest BCUT2D eigenvalue weighted by Crippen LogP contribution is -1.98. The molecule has 0 amide bonds. The first-order valence-electron chi connectivity index (χ1n) is 7.00. The molecule has 0 aliphatic heterocycles. The van der Waals surface area contributed by atoms with Crippen LogP contribution in [0, 0.1) is 10.1 Å². The molecule has 0 aliphatic carbocycles. The second-order valence-corrected chi connectivity index (χ2v) is 7.08. The number of nitrogens with zero attached hydrogens (tertiary/aromatic N) is 2. The standard InChI is InChI=1S/C16H14N2O4S2/c1-21-13-7-10(12(18(19)20)8-14(13)22-2)9-23-16-17-11-5-3-4-6-15(11)24-16/h3-8H,9H2,1-2H3. The lowest BCUT2D eigenvalue weighted by molar-refractivity contribution is -0.385. The van der Waals surface area contributed by atoms with E-state index in [1.165, 1.54) is 32.0 Å². The number of rotatable bonds is 6. The molecule has 0 bridgehead atoms. The number of thiazole rings is 1. The van der Waals surface area contributed by atoms with Crippen LogP contribution in [0.3, 0.4) is 0 Å². The number of para-hydroxylation sites is 1. The van der Waals surface area contributed by atoms with Gasteiger partial charge in [-0.15, -0.1) is 11.3 Å². The Bertz CT molecular complexity index is 862. The number of aromatic nitrogens is 1. The van der Waals surface area contributed by atoms with Crippen LogP contribution in [0.2, 0.25) is 0 Å². The molecule has 0 atom stereocenters. The van der Waals surface area contributed by atoms with E-state index in [0.717, 1.165) is 14.6 Å². The van der Waals surface area contributed by atoms with Crippen molar-refractivity contribution in [3.8, 4) is 11.5 Å². The Hall–Kier alpha value is -2.32. The van der Waals surface area contributed by atoms with Crippen molar-refractivity contribution in [3.05, 3.63) is 52.1 Å². The van der Waals surface area contributed by atoms with Crippen LogP contribution in [0.25, 0.3) is 10.2 Å². The van der Waals surface area contributed by atoms with E-state index < -0.39 is 4.92 Å². The summed E-state index contributed by atoms with van der Waals surface area (Å²) in [5.74, 6) is 1.25. The minimum Gasteiger partial charge on any atom is -0.493 e. The molecule has 1 heterocycles. The van der Waals surface area contributed by atoms with Crippen LogP contribution in [0.5, 0.6) is 11.5 Å². The molecule has 0 saturated heterocycles. The SMILES string of the molecule is COc1cc(CSc2nc3ccccc3s2)c([N+](=O)[O-])cc1OC. The molecule has 0 aliphatic rings. The van der Waals surface area contributed by atoms with Crippen LogP contribution in [0.15, 0.2) is 40.7 Å². The van der Waals surface area contributed by atoms with Gasteiger partial charge in [-0.1, -0.05) is 23.9 Å². The lowest BCUT2D eigenvalue weighted by Gasteiger charge is -2.10. The summed E-state index contributed by atoms with van der Waals surface area (Å²) in [5.41, 5.74) is 1.52. The Balaban J connectivity index is 1.89. The van der Waals surface area contributed by atoms with Crippen molar-refractivity contribution in [1.82, 2.24) is 4.98 Å². The van der Waals surface area contributed by atoms with Crippen LogP contribution >= 0.6 is 23.1 Å². The predicted octanol–water partition coefficient (Wildman–Crippen LogP) is 4.51. The van der Waals surface area contributed by atoms with Crippen LogP contribution in [0.4, 0.5) is 5.69 Å². The number of nitro groups is 1. The van der Waals surface area contributed by atoms with Gasteiger partial charge in [0.05, 0.1) is 35.4 Å². The van der Waals surface area contributed by atoms with E-state index in [1.807, 2.05) is 24.3 Å². The first-order chi connectivity index (χ1) is 11.6. The molecular formula is C16H14N2O4S2. The van der Waals surface area contributed by atoms with Gasteiger partial charge in [0.25, 0.3) is 5.69 Å². The van der Waals surface area contributed by atoms with E-state index in [0.29, 0.717) is 22.8 Å². The second-order valence-electron chi connectivity index (χ2n) is 4.83. The molecule has 0 N–H and O–H groups in total. The molecule has 0 saturated carbocycles. The molecule has 0 unspecified atom stereocenters. The third-order valence-corrected chi connectivity index (χ3v) is 5.64. The van der Waals surface area contributed by atoms with Crippen molar-refractivity contribution in [2.45, 2.75) is 10.1 Å². The Morgan fingerprint density at radius 2 is 1.92 bits per heavy atom. The molecule has 24 heavy (non-hydrogen) atoms. The Morgan fingerprint density at radius 3 is 2.58 bits per heavy atom. The van der Waals surface area contributed by atoms with Crippen molar-refractivity contribution >= 4 is 39.0 Å². The fourth-order valence-electron chi connectivity index (χ4n) is 2.25. The Kier molecular flexibility index (Phi) is 4.86. The van der Waals surface area contributed by atoms with E-state index in [1.54, 1.807) is 17.4 Å². The fourth-order valence-corrected chi connectivity index (χ4v) is 4.30. The minimum absolute atomic E-state index is 0.0151. The topological polar surface area (TPSA) is 74.5 Å². The van der Waals surface area contributed by atoms with E-state index >= 15 is 0 Å². The molecule has 8 heteroatoms. The highest BCUT2D eigenvalue weighted by atomic mass is 32.2. The maximum absolute atomic E-state index is 11.3. The van der Waals surface area contributed by atoms with Gasteiger partial charge in [0.2, 0.25) is 0 Å². The van der Waals surface area contributed by atoms with Crippen molar-refractivity contribution in [1.29, 1.82) is 0 Å². The summed E-state index contributed by atoms with van der Waals surface area (Å²) in [6.45, 7) is 0. The van der Waals surface area contributed by atoms with Crippen LogP contribution in [-0.4, -0.2) is 24.1 Å². The molecule has 0 radical (unpaired) electrons. The highest BCUT2D eigenvalue weighted by Gasteiger charge is 2.20. The maximum Gasteiger partial charge on any atom is 0.277 e. The zero-order valence-electron chi connectivity index (χ0n) is 13.0. The smallest absolute Gasteiger partial charge is 0.277 e. The summed E-state index contributed by atoms with van der Waals surface area (Å²) >= 11 is 3.04. The number of ether oxygens (including phenoxy) is 2. The fraction of sp³-hybridized carbons (Fsp3) is 0.188. The number of thioether (sulfide) groups is 1. The largest absolute Gasteiger partial charge is 0.493 e. The monoisotopic (exact) mass is 362 g/mol. The number of benzene rings is 2. The van der Waals surface area contributed by atoms with E-state index in [9.17, 15) is 10.1 Å². The molecule has 0 spiro atoms. The summed E-state index contributed by atoms with van der Waals surface area (Å²) in [4.78, 5) is 15.5. The van der Waals surface area contributed by atoms with Gasteiger partial charge in [0, 0.05) is 11.3 Å². The first-order valence-corrected chi connectivity index (χ1v) is 8.80. The molecule has 124 valence electrons. The molecule has 0 fully saturated rings. The van der Waals surface area contributed by atoms with Gasteiger partial charge >= 0.3 is 0 Å². The van der Waals surface area contributed by atoms with Crippen LogP contribution in [-0.2, 0) is 5.75 Å². The summed E-state index contributed by atoms with van der Waals surface area (Å²) in [6.07, 6.45) is 0. The van der Waals surface area contributed by atoms with Crippen LogP contribution in [0.1, 0.15) is 5.56 Å². The molecule has 1 aromatic heterocycles. The van der Waals surface area contributed by atoms with E-state index in [-0.39, 0.29) is 5.69 Å². The van der Waals surface area contributed by atoms with E-state index in [4.69, 9.17) is 9.47 Å². The third kappa shape index (κ3) is 3.29. The summed E-state index contributed by atoms with van der Waals surface area (Å²) in [5, 5.41) is 11.3. The molecule has 3 rings (SSSR count). The molecule has 3 aromatic rings. The zero-order chi connectivity index (χ0) is 17.1. The van der Waals surface area contributed by atoms with Gasteiger partial charge in [-0.3, -0.25) is 10.1 Å². The van der Waals surface area contributed by atoms with Crippen molar-refractivity contribution in [2.75, 3.05) is 14.2 Å². The summed E-state index contributed by atoms with van der Waals surface area (Å²) in [7, 11) is 2.96. The quantitative estimate of drug-likeness (QED) is 0.365. The number of methoxy groups -OCH3 is 2. The van der Waals surface area contributed by atoms with Crippen LogP contribution < -0.4 is 9.47 Å². The zero-order valence-corrected chi connectivity index (χ0v) is 14.6. The maximum atomic E-state index is 11.3. The Morgan fingerprint density at radius 1 is 1.21 bits per heavy atom. The average Bonchev–Trinajstić information content (AvgIpc) is 3.01. The predicted molar refractivity (Wildman–Crippen MR) is 95.4 cm³/mol. The lowest BCUT2D eigenvalue weighted by atomic mass is 10.2. The second kappa shape index (κ2) is 7.06. The normalized spacial score (nSPS) is 10.8. The first kappa shape index (κ1) is 16.5. The summed E-state index contributed by atoms with van der Waals surface area (Å²) in [6, 6.07) is 10.9. The Labute approximate surface area is 146 Å². The van der Waals surface area contributed by atoms with Crippen molar-refractivity contribution in [3.63, 3.8) is 0 Å².